The Kier molecular flexibility index (Phi) is 7.67. The molecule has 9 heteroatoms. The number of nitroso groups, excluding NO2 is 1. The summed E-state index contributed by atoms with van der Waals surface area (Å²) >= 11 is 1.71. The lowest BCUT2D eigenvalue weighted by Gasteiger charge is -2.36. The third-order valence-electron chi connectivity index (χ3n) is 4.98. The van der Waals surface area contributed by atoms with E-state index >= 15 is 0 Å². The van der Waals surface area contributed by atoms with E-state index in [1.54, 1.807) is 53.1 Å². The molecule has 1 fully saturated rings. The molecule has 2 atom stereocenters. The van der Waals surface area contributed by atoms with Crippen molar-refractivity contribution in [2.24, 2.45) is 5.18 Å². The molecule has 0 spiro atoms. The van der Waals surface area contributed by atoms with Crippen molar-refractivity contribution in [3.8, 4) is 11.5 Å². The number of nitrogens with zero attached hydrogens (tertiary/aromatic N) is 2. The van der Waals surface area contributed by atoms with Crippen LogP contribution in [-0.4, -0.2) is 63.4 Å². The smallest absolute Gasteiger partial charge is 0.254 e. The zero-order chi connectivity index (χ0) is 21.5. The molecule has 1 amide bonds. The van der Waals surface area contributed by atoms with Crippen molar-refractivity contribution in [3.05, 3.63) is 64.1 Å². The molecule has 0 aliphatic carbocycles. The number of hydrogen-bond donors (Lipinski definition) is 3. The molecule has 0 radical (unpaired) electrons. The maximum atomic E-state index is 13.3. The Morgan fingerprint density at radius 2 is 2.07 bits per heavy atom. The number of ether oxygens (including phenoxy) is 1. The predicted octanol–water partition coefficient (Wildman–Crippen LogP) is 2.32. The summed E-state index contributed by atoms with van der Waals surface area (Å²) in [4.78, 5) is 25.6. The van der Waals surface area contributed by atoms with Gasteiger partial charge in [-0.05, 0) is 23.8 Å². The third kappa shape index (κ3) is 4.92. The largest absolute Gasteiger partial charge is 0.507 e. The summed E-state index contributed by atoms with van der Waals surface area (Å²) in [5.41, 5.74) is 1.00. The number of benzene rings is 2. The molecule has 0 saturated carbocycles. The number of carbonyl (C=O) groups is 1. The van der Waals surface area contributed by atoms with E-state index in [1.165, 1.54) is 6.07 Å². The van der Waals surface area contributed by atoms with Crippen LogP contribution in [0.2, 0.25) is 0 Å². The van der Waals surface area contributed by atoms with Gasteiger partial charge in [0.25, 0.3) is 5.91 Å². The van der Waals surface area contributed by atoms with Gasteiger partial charge < -0.3 is 25.0 Å². The van der Waals surface area contributed by atoms with Crippen LogP contribution in [0.4, 0.5) is 0 Å². The first-order chi connectivity index (χ1) is 14.6. The molecule has 0 aromatic heterocycles. The quantitative estimate of drug-likeness (QED) is 0.548. The van der Waals surface area contributed by atoms with Crippen molar-refractivity contribution in [1.82, 2.24) is 4.90 Å². The first kappa shape index (κ1) is 22.1. The fourth-order valence-corrected chi connectivity index (χ4v) is 4.44. The standard InChI is InChI=1S/C21H24N2O6S/c24-11-17-18(25)6-3-7-20(17)29-12-14-13-30-9-8-23(14)21(27)16-5-2-1-4-15(16)19(26)10-22-28/h1-7,14,19,24-26H,8-13H2/t14-,19?/m1/s1. The zero-order valence-corrected chi connectivity index (χ0v) is 17.1. The van der Waals surface area contributed by atoms with Gasteiger partial charge in [0, 0.05) is 23.6 Å². The molecular formula is C21H24N2O6S. The molecule has 1 aliphatic heterocycles. The van der Waals surface area contributed by atoms with Gasteiger partial charge >= 0.3 is 0 Å². The van der Waals surface area contributed by atoms with Gasteiger partial charge in [-0.2, -0.15) is 16.7 Å². The second-order valence-electron chi connectivity index (χ2n) is 6.86. The Bertz CT molecular complexity index is 894. The molecule has 2 aromatic rings. The Morgan fingerprint density at radius 3 is 2.83 bits per heavy atom. The second-order valence-corrected chi connectivity index (χ2v) is 8.01. The van der Waals surface area contributed by atoms with Crippen LogP contribution in [-0.2, 0) is 6.61 Å². The summed E-state index contributed by atoms with van der Waals surface area (Å²) in [5.74, 6) is 1.51. The topological polar surface area (TPSA) is 120 Å². The normalized spacial score (nSPS) is 17.4. The van der Waals surface area contributed by atoms with Crippen molar-refractivity contribution in [3.63, 3.8) is 0 Å². The van der Waals surface area contributed by atoms with E-state index < -0.39 is 6.10 Å². The van der Waals surface area contributed by atoms with Crippen LogP contribution in [0.1, 0.15) is 27.6 Å². The number of amides is 1. The minimum Gasteiger partial charge on any atom is -0.507 e. The Morgan fingerprint density at radius 1 is 1.27 bits per heavy atom. The number of phenols is 1. The number of thioether (sulfide) groups is 1. The summed E-state index contributed by atoms with van der Waals surface area (Å²) in [6.45, 7) is 0.0187. The van der Waals surface area contributed by atoms with E-state index in [2.05, 4.69) is 5.18 Å². The number of aliphatic hydroxyl groups is 2. The van der Waals surface area contributed by atoms with Crippen molar-refractivity contribution >= 4 is 17.7 Å². The molecule has 30 heavy (non-hydrogen) atoms. The zero-order valence-electron chi connectivity index (χ0n) is 16.3. The monoisotopic (exact) mass is 432 g/mol. The second kappa shape index (κ2) is 10.4. The SMILES string of the molecule is O=NCC(O)c1ccccc1C(=O)N1CCSC[C@H]1COc1cccc(O)c1CO. The minimum atomic E-state index is -1.14. The first-order valence-corrected chi connectivity index (χ1v) is 10.7. The van der Waals surface area contributed by atoms with Crippen molar-refractivity contribution in [2.45, 2.75) is 18.8 Å². The van der Waals surface area contributed by atoms with Crippen LogP contribution in [0.3, 0.4) is 0 Å². The van der Waals surface area contributed by atoms with Gasteiger partial charge in [-0.1, -0.05) is 29.4 Å². The van der Waals surface area contributed by atoms with Gasteiger partial charge in [-0.3, -0.25) is 4.79 Å². The maximum Gasteiger partial charge on any atom is 0.254 e. The summed E-state index contributed by atoms with van der Waals surface area (Å²) in [7, 11) is 0. The maximum absolute atomic E-state index is 13.3. The van der Waals surface area contributed by atoms with E-state index in [1.807, 2.05) is 0 Å². The van der Waals surface area contributed by atoms with Crippen molar-refractivity contribution < 1.29 is 24.9 Å². The van der Waals surface area contributed by atoms with E-state index in [4.69, 9.17) is 4.74 Å². The summed E-state index contributed by atoms with van der Waals surface area (Å²) in [6.07, 6.45) is -1.14. The molecule has 160 valence electrons. The van der Waals surface area contributed by atoms with Crippen LogP contribution >= 0.6 is 11.8 Å². The highest BCUT2D eigenvalue weighted by Gasteiger charge is 2.30. The first-order valence-electron chi connectivity index (χ1n) is 9.56. The van der Waals surface area contributed by atoms with Crippen LogP contribution in [0, 0.1) is 4.91 Å². The third-order valence-corrected chi connectivity index (χ3v) is 6.08. The van der Waals surface area contributed by atoms with Gasteiger partial charge in [0.2, 0.25) is 0 Å². The van der Waals surface area contributed by atoms with Gasteiger partial charge in [0.05, 0.1) is 18.2 Å². The molecule has 3 N–H and O–H groups in total. The molecule has 1 saturated heterocycles. The molecular weight excluding hydrogens is 408 g/mol. The number of rotatable bonds is 8. The highest BCUT2D eigenvalue weighted by atomic mass is 32.2. The van der Waals surface area contributed by atoms with Crippen LogP contribution in [0.5, 0.6) is 11.5 Å². The van der Waals surface area contributed by atoms with Crippen molar-refractivity contribution in [2.75, 3.05) is 31.2 Å². The average Bonchev–Trinajstić information content (AvgIpc) is 2.77. The molecule has 3 rings (SSSR count). The highest BCUT2D eigenvalue weighted by molar-refractivity contribution is 7.99. The molecule has 0 bridgehead atoms. The lowest BCUT2D eigenvalue weighted by atomic mass is 10.0. The molecule has 1 aliphatic rings. The Labute approximate surface area is 178 Å². The van der Waals surface area contributed by atoms with E-state index in [-0.39, 0.29) is 37.5 Å². The highest BCUT2D eigenvalue weighted by Crippen LogP contribution is 2.29. The Balaban J connectivity index is 1.79. The van der Waals surface area contributed by atoms with Crippen LogP contribution in [0.15, 0.2) is 47.6 Å². The molecule has 1 unspecified atom stereocenters. The number of carbonyl (C=O) groups excluding carboxylic acids is 1. The van der Waals surface area contributed by atoms with Crippen molar-refractivity contribution in [1.29, 1.82) is 0 Å². The van der Waals surface area contributed by atoms with Gasteiger partial charge in [-0.25, -0.2) is 0 Å². The summed E-state index contributed by atoms with van der Waals surface area (Å²) in [6, 6.07) is 11.2. The predicted molar refractivity (Wildman–Crippen MR) is 114 cm³/mol. The lowest BCUT2D eigenvalue weighted by molar-refractivity contribution is 0.0640. The van der Waals surface area contributed by atoms with E-state index in [0.717, 1.165) is 5.75 Å². The minimum absolute atomic E-state index is 0.0485. The number of aromatic hydroxyl groups is 1. The molecule has 1 heterocycles. The number of aliphatic hydroxyl groups excluding tert-OH is 2. The van der Waals surface area contributed by atoms with Crippen LogP contribution < -0.4 is 4.74 Å². The van der Waals surface area contributed by atoms with E-state index in [9.17, 15) is 25.0 Å². The average molecular weight is 432 g/mol. The Hall–Kier alpha value is -2.62. The van der Waals surface area contributed by atoms with Gasteiger partial charge in [0.15, 0.2) is 0 Å². The van der Waals surface area contributed by atoms with Gasteiger partial charge in [-0.15, -0.1) is 0 Å². The van der Waals surface area contributed by atoms with Gasteiger partial charge in [0.1, 0.15) is 30.8 Å². The molecule has 2 aromatic carbocycles. The lowest BCUT2D eigenvalue weighted by Crippen LogP contribution is -2.49. The fourth-order valence-electron chi connectivity index (χ4n) is 3.40. The fraction of sp³-hybridized carbons (Fsp3) is 0.381. The summed E-state index contributed by atoms with van der Waals surface area (Å²) in [5, 5.41) is 32.3. The molecule has 8 nitrogen and oxygen atoms in total. The summed E-state index contributed by atoms with van der Waals surface area (Å²) < 4.78 is 5.85. The number of hydrogen-bond acceptors (Lipinski definition) is 8. The van der Waals surface area contributed by atoms with E-state index in [0.29, 0.717) is 34.7 Å². The van der Waals surface area contributed by atoms with Crippen LogP contribution in [0.25, 0.3) is 0 Å².